The van der Waals surface area contributed by atoms with Crippen LogP contribution in [0.15, 0.2) is 90.1 Å². The molecule has 0 saturated heterocycles. The van der Waals surface area contributed by atoms with E-state index in [4.69, 9.17) is 4.42 Å². The Morgan fingerprint density at radius 3 is 2.31 bits per heavy atom. The smallest absolute Gasteiger partial charge is 0.255 e. The molecule has 0 fully saturated rings. The summed E-state index contributed by atoms with van der Waals surface area (Å²) in [4.78, 5) is 39.0. The molecule has 5 rings (SSSR count). The maximum absolute atomic E-state index is 12.7. The Hall–Kier alpha value is -5.05. The lowest BCUT2D eigenvalue weighted by Gasteiger charge is -2.11. The Kier molecular flexibility index (Phi) is 6.10. The number of aromatic nitrogens is 3. The topological polar surface area (TPSA) is 113 Å². The zero-order valence-corrected chi connectivity index (χ0v) is 19.6. The molecule has 9 heteroatoms. The van der Waals surface area contributed by atoms with Crippen LogP contribution in [0.5, 0.6) is 0 Å². The lowest BCUT2D eigenvalue weighted by molar-refractivity contribution is 0.0827. The molecule has 0 aliphatic carbocycles. The van der Waals surface area contributed by atoms with Crippen LogP contribution in [0.25, 0.3) is 22.2 Å². The van der Waals surface area contributed by atoms with Gasteiger partial charge in [-0.15, -0.1) is 0 Å². The predicted octanol–water partition coefficient (Wildman–Crippen LogP) is 4.98. The third-order valence-electron chi connectivity index (χ3n) is 5.50. The van der Waals surface area contributed by atoms with Crippen molar-refractivity contribution in [3.8, 4) is 11.1 Å². The highest BCUT2D eigenvalue weighted by Crippen LogP contribution is 2.23. The number of hydrogen-bond donors (Lipinski definition) is 2. The molecule has 36 heavy (non-hydrogen) atoms. The number of nitrogens with one attached hydrogen (secondary N) is 2. The van der Waals surface area contributed by atoms with E-state index >= 15 is 0 Å². The maximum atomic E-state index is 12.7. The van der Waals surface area contributed by atoms with E-state index in [0.717, 1.165) is 11.1 Å². The number of hydrogen-bond acceptors (Lipinski definition) is 7. The van der Waals surface area contributed by atoms with Gasteiger partial charge in [-0.3, -0.25) is 14.6 Å². The molecule has 0 aliphatic heterocycles. The summed E-state index contributed by atoms with van der Waals surface area (Å²) >= 11 is 0. The zero-order chi connectivity index (χ0) is 25.1. The van der Waals surface area contributed by atoms with Crippen molar-refractivity contribution in [2.75, 3.05) is 24.7 Å². The van der Waals surface area contributed by atoms with Crippen LogP contribution in [0.1, 0.15) is 20.7 Å². The number of amides is 2. The minimum atomic E-state index is -0.284. The number of rotatable bonds is 6. The summed E-state index contributed by atoms with van der Waals surface area (Å²) in [5, 5.41) is 6.04. The molecule has 9 nitrogen and oxygen atoms in total. The van der Waals surface area contributed by atoms with E-state index in [0.29, 0.717) is 39.4 Å². The van der Waals surface area contributed by atoms with Crippen LogP contribution >= 0.6 is 0 Å². The van der Waals surface area contributed by atoms with Crippen LogP contribution in [-0.2, 0) is 0 Å². The van der Waals surface area contributed by atoms with E-state index in [-0.39, 0.29) is 11.8 Å². The van der Waals surface area contributed by atoms with Crippen LogP contribution in [0.3, 0.4) is 0 Å². The highest BCUT2D eigenvalue weighted by molar-refractivity contribution is 6.05. The molecule has 0 atom stereocenters. The van der Waals surface area contributed by atoms with E-state index in [1.165, 1.54) is 6.39 Å². The molecular weight excluding hydrogens is 456 g/mol. The Bertz CT molecular complexity index is 1540. The summed E-state index contributed by atoms with van der Waals surface area (Å²) < 4.78 is 5.27. The van der Waals surface area contributed by atoms with Crippen LogP contribution in [0.4, 0.5) is 17.2 Å². The first kappa shape index (κ1) is 22.7. The molecule has 3 aromatic heterocycles. The molecule has 2 amide bonds. The van der Waals surface area contributed by atoms with E-state index in [9.17, 15) is 9.59 Å². The number of pyridine rings is 2. The van der Waals surface area contributed by atoms with Crippen LogP contribution in [-0.4, -0.2) is 45.8 Å². The van der Waals surface area contributed by atoms with Gasteiger partial charge in [0.25, 0.3) is 11.8 Å². The first-order chi connectivity index (χ1) is 17.5. The molecule has 5 aromatic rings. The van der Waals surface area contributed by atoms with Gasteiger partial charge in [-0.1, -0.05) is 12.1 Å². The van der Waals surface area contributed by atoms with Crippen molar-refractivity contribution in [2.24, 2.45) is 0 Å². The molecule has 3 heterocycles. The first-order valence-corrected chi connectivity index (χ1v) is 11.1. The largest absolute Gasteiger partial charge is 0.443 e. The molecule has 0 radical (unpaired) electrons. The molecule has 0 unspecified atom stereocenters. The van der Waals surface area contributed by atoms with Gasteiger partial charge in [0.1, 0.15) is 11.3 Å². The van der Waals surface area contributed by atoms with Crippen molar-refractivity contribution in [2.45, 2.75) is 0 Å². The number of nitrogens with zero attached hydrogens (tertiary/aromatic N) is 4. The number of carbonyl (C=O) groups excluding carboxylic acids is 2. The van der Waals surface area contributed by atoms with E-state index in [1.807, 2.05) is 24.3 Å². The Morgan fingerprint density at radius 2 is 1.56 bits per heavy atom. The average molecular weight is 479 g/mol. The molecule has 0 saturated carbocycles. The summed E-state index contributed by atoms with van der Waals surface area (Å²) in [6.07, 6.45) is 6.31. The normalized spacial score (nSPS) is 10.7. The summed E-state index contributed by atoms with van der Waals surface area (Å²) in [5.41, 5.74) is 5.41. The summed E-state index contributed by atoms with van der Waals surface area (Å²) in [5.74, 6) is 0.300. The lowest BCUT2D eigenvalue weighted by Crippen LogP contribution is -2.21. The second-order valence-electron chi connectivity index (χ2n) is 8.29. The van der Waals surface area contributed by atoms with Crippen molar-refractivity contribution in [1.29, 1.82) is 0 Å². The van der Waals surface area contributed by atoms with Crippen LogP contribution in [0, 0.1) is 0 Å². The molecule has 178 valence electrons. The van der Waals surface area contributed by atoms with Crippen LogP contribution < -0.4 is 10.6 Å². The fraction of sp³-hybridized carbons (Fsp3) is 0.0741. The minimum Gasteiger partial charge on any atom is -0.443 e. The minimum absolute atomic E-state index is 0.0397. The Morgan fingerprint density at radius 1 is 0.806 bits per heavy atom. The van der Waals surface area contributed by atoms with Crippen molar-refractivity contribution in [1.82, 2.24) is 19.9 Å². The molecule has 0 spiro atoms. The van der Waals surface area contributed by atoms with Gasteiger partial charge >= 0.3 is 0 Å². The van der Waals surface area contributed by atoms with E-state index in [1.54, 1.807) is 74.0 Å². The third-order valence-corrected chi connectivity index (χ3v) is 5.50. The van der Waals surface area contributed by atoms with Crippen molar-refractivity contribution >= 4 is 40.1 Å². The molecule has 0 bridgehead atoms. The van der Waals surface area contributed by atoms with Crippen molar-refractivity contribution in [3.05, 3.63) is 96.8 Å². The summed E-state index contributed by atoms with van der Waals surface area (Å²) in [7, 11) is 3.45. The Balaban J connectivity index is 1.25. The third kappa shape index (κ3) is 4.90. The van der Waals surface area contributed by atoms with Gasteiger partial charge < -0.3 is 20.0 Å². The van der Waals surface area contributed by atoms with Crippen molar-refractivity contribution in [3.63, 3.8) is 0 Å². The number of oxazole rings is 1. The van der Waals surface area contributed by atoms with Gasteiger partial charge in [0, 0.05) is 37.0 Å². The highest BCUT2D eigenvalue weighted by Gasteiger charge is 2.11. The van der Waals surface area contributed by atoms with Gasteiger partial charge in [0.2, 0.25) is 0 Å². The maximum Gasteiger partial charge on any atom is 0.255 e. The molecular formula is C27H22N6O3. The van der Waals surface area contributed by atoms with Gasteiger partial charge in [-0.25, -0.2) is 9.97 Å². The zero-order valence-electron chi connectivity index (χ0n) is 19.6. The predicted molar refractivity (Wildman–Crippen MR) is 137 cm³/mol. The van der Waals surface area contributed by atoms with E-state index < -0.39 is 0 Å². The van der Waals surface area contributed by atoms with Gasteiger partial charge in [-0.05, 0) is 54.1 Å². The second-order valence-corrected chi connectivity index (χ2v) is 8.29. The standard InChI is InChI=1S/C27H22N6O3/c1-33(2)27(35)18-5-3-17(4-6-18)20-8-10-25(29-13-20)31-21-12-22(15-28-14-21)32-26(34)19-7-9-23-24(11-19)36-16-30-23/h3-16H,1-2H3,(H,29,31)(H,32,34). The number of carbonyl (C=O) groups is 2. The SMILES string of the molecule is CN(C)C(=O)c1ccc(-c2ccc(Nc3cncc(NC(=O)c4ccc5ncoc5c4)c3)nc2)cc1. The fourth-order valence-corrected chi connectivity index (χ4v) is 3.63. The van der Waals surface area contributed by atoms with E-state index in [2.05, 4.69) is 25.6 Å². The van der Waals surface area contributed by atoms with Crippen molar-refractivity contribution < 1.29 is 14.0 Å². The Labute approximate surface area is 206 Å². The van der Waals surface area contributed by atoms with Gasteiger partial charge in [0.15, 0.2) is 12.0 Å². The summed E-state index contributed by atoms with van der Waals surface area (Å²) in [6.45, 7) is 0. The number of benzene rings is 2. The monoisotopic (exact) mass is 478 g/mol. The molecule has 2 aromatic carbocycles. The fourth-order valence-electron chi connectivity index (χ4n) is 3.63. The summed E-state index contributed by atoms with van der Waals surface area (Å²) in [6, 6.07) is 18.0. The van der Waals surface area contributed by atoms with Gasteiger partial charge in [0.05, 0.1) is 23.8 Å². The number of anilines is 3. The quantitative estimate of drug-likeness (QED) is 0.354. The van der Waals surface area contributed by atoms with Gasteiger partial charge in [-0.2, -0.15) is 0 Å². The molecule has 0 aliphatic rings. The molecule has 2 N–H and O–H groups in total. The lowest BCUT2D eigenvalue weighted by atomic mass is 10.1. The highest BCUT2D eigenvalue weighted by atomic mass is 16.3. The second kappa shape index (κ2) is 9.67. The average Bonchev–Trinajstić information content (AvgIpc) is 3.37. The van der Waals surface area contributed by atoms with Crippen LogP contribution in [0.2, 0.25) is 0 Å². The first-order valence-electron chi connectivity index (χ1n) is 11.1. The number of fused-ring (bicyclic) bond motifs is 1.